The Hall–Kier alpha value is -1.36. The van der Waals surface area contributed by atoms with Gasteiger partial charge in [-0.1, -0.05) is 0 Å². The predicted octanol–water partition coefficient (Wildman–Crippen LogP) is 1.96. The van der Waals surface area contributed by atoms with Crippen LogP contribution in [-0.2, 0) is 4.79 Å². The molecular weight excluding hydrogens is 219 g/mol. The second-order valence-electron chi connectivity index (χ2n) is 3.21. The first-order valence-electron chi connectivity index (χ1n) is 4.30. The Morgan fingerprint density at radius 2 is 2.27 bits per heavy atom. The van der Waals surface area contributed by atoms with Crippen LogP contribution in [0.4, 0.5) is 4.39 Å². The van der Waals surface area contributed by atoms with Crippen LogP contribution in [0, 0.1) is 5.82 Å². The number of fused-ring (bicyclic) bond motifs is 1. The van der Waals surface area contributed by atoms with E-state index >= 15 is 0 Å². The minimum Gasteiger partial charge on any atom is -0.480 e. The van der Waals surface area contributed by atoms with Crippen molar-refractivity contribution in [2.45, 2.75) is 16.6 Å². The van der Waals surface area contributed by atoms with Gasteiger partial charge in [0.2, 0.25) is 0 Å². The fourth-order valence-corrected chi connectivity index (χ4v) is 2.52. The summed E-state index contributed by atoms with van der Waals surface area (Å²) in [5.74, 6) is -1.80. The number of carbonyl (C=O) groups excluding carboxylic acids is 1. The summed E-state index contributed by atoms with van der Waals surface area (Å²) in [4.78, 5) is 22.8. The number of ketones is 1. The lowest BCUT2D eigenvalue weighted by Gasteiger charge is -2.19. The third-order valence-corrected chi connectivity index (χ3v) is 3.42. The van der Waals surface area contributed by atoms with E-state index in [0.717, 1.165) is 17.8 Å². The van der Waals surface area contributed by atoms with Crippen molar-refractivity contribution in [1.29, 1.82) is 0 Å². The number of hydrogen-bond donors (Lipinski definition) is 1. The molecule has 0 saturated heterocycles. The molecule has 1 aromatic rings. The molecule has 1 aliphatic heterocycles. The van der Waals surface area contributed by atoms with Gasteiger partial charge < -0.3 is 5.11 Å². The van der Waals surface area contributed by atoms with E-state index in [1.807, 2.05) is 0 Å². The Morgan fingerprint density at radius 1 is 1.53 bits per heavy atom. The van der Waals surface area contributed by atoms with Gasteiger partial charge in [-0.15, -0.1) is 11.8 Å². The lowest BCUT2D eigenvalue weighted by molar-refractivity contribution is -0.136. The van der Waals surface area contributed by atoms with Crippen LogP contribution in [0.5, 0.6) is 0 Å². The van der Waals surface area contributed by atoms with Gasteiger partial charge in [-0.25, -0.2) is 4.39 Å². The normalized spacial score (nSPS) is 19.8. The maximum atomic E-state index is 12.8. The van der Waals surface area contributed by atoms with Gasteiger partial charge in [0.1, 0.15) is 11.1 Å². The number of hydrogen-bond acceptors (Lipinski definition) is 3. The summed E-state index contributed by atoms with van der Waals surface area (Å²) in [6.07, 6.45) is -0.0730. The van der Waals surface area contributed by atoms with Crippen molar-refractivity contribution in [3.63, 3.8) is 0 Å². The van der Waals surface area contributed by atoms with E-state index in [2.05, 4.69) is 0 Å². The van der Waals surface area contributed by atoms with Crippen molar-refractivity contribution >= 4 is 23.5 Å². The summed E-state index contributed by atoms with van der Waals surface area (Å²) in [5.41, 5.74) is 0.289. The molecule has 3 nitrogen and oxygen atoms in total. The van der Waals surface area contributed by atoms with Crippen LogP contribution in [0.15, 0.2) is 23.1 Å². The molecule has 0 fully saturated rings. The number of carbonyl (C=O) groups is 2. The minimum atomic E-state index is -1.01. The number of rotatable bonds is 1. The molecule has 78 valence electrons. The first-order chi connectivity index (χ1) is 7.08. The number of thioether (sulfide) groups is 1. The summed E-state index contributed by atoms with van der Waals surface area (Å²) in [7, 11) is 0. The van der Waals surface area contributed by atoms with E-state index < -0.39 is 17.0 Å². The molecule has 1 heterocycles. The Morgan fingerprint density at radius 3 is 2.93 bits per heavy atom. The van der Waals surface area contributed by atoms with Crippen molar-refractivity contribution < 1.29 is 19.1 Å². The molecule has 1 aromatic carbocycles. The zero-order chi connectivity index (χ0) is 11.0. The Balaban J connectivity index is 2.41. The number of aliphatic carboxylic acids is 1. The SMILES string of the molecule is O=C1CC(C(=O)O)Sc2ccc(F)cc21. The Labute approximate surface area is 89.3 Å². The molecule has 0 aromatic heterocycles. The van der Waals surface area contributed by atoms with E-state index in [1.165, 1.54) is 12.1 Å². The number of carboxylic acid groups (broad SMARTS) is 1. The number of carboxylic acids is 1. The molecule has 1 N–H and O–H groups in total. The zero-order valence-corrected chi connectivity index (χ0v) is 8.38. The van der Waals surface area contributed by atoms with Crippen LogP contribution < -0.4 is 0 Å². The summed E-state index contributed by atoms with van der Waals surface area (Å²) < 4.78 is 12.8. The van der Waals surface area contributed by atoms with Gasteiger partial charge in [-0.05, 0) is 18.2 Å². The lowest BCUT2D eigenvalue weighted by atomic mass is 10.1. The zero-order valence-electron chi connectivity index (χ0n) is 7.57. The molecule has 0 spiro atoms. The molecule has 2 rings (SSSR count). The van der Waals surface area contributed by atoms with Gasteiger partial charge in [0.15, 0.2) is 5.78 Å². The topological polar surface area (TPSA) is 54.4 Å². The highest BCUT2D eigenvalue weighted by atomic mass is 32.2. The largest absolute Gasteiger partial charge is 0.480 e. The van der Waals surface area contributed by atoms with Crippen LogP contribution in [0.2, 0.25) is 0 Å². The fourth-order valence-electron chi connectivity index (χ4n) is 1.43. The Kier molecular flexibility index (Phi) is 2.48. The van der Waals surface area contributed by atoms with Crippen molar-refractivity contribution in [3.8, 4) is 0 Å². The van der Waals surface area contributed by atoms with Crippen molar-refractivity contribution in [1.82, 2.24) is 0 Å². The summed E-state index contributed by atoms with van der Waals surface area (Å²) in [6, 6.07) is 3.83. The predicted molar refractivity (Wildman–Crippen MR) is 52.6 cm³/mol. The highest BCUT2D eigenvalue weighted by Gasteiger charge is 2.30. The summed E-state index contributed by atoms with van der Waals surface area (Å²) in [6.45, 7) is 0. The summed E-state index contributed by atoms with van der Waals surface area (Å²) >= 11 is 1.09. The van der Waals surface area contributed by atoms with E-state index in [9.17, 15) is 14.0 Å². The molecule has 0 bridgehead atoms. The highest BCUT2D eigenvalue weighted by molar-refractivity contribution is 8.00. The average molecular weight is 226 g/mol. The summed E-state index contributed by atoms with van der Waals surface area (Å²) in [5, 5.41) is 8.03. The molecule has 0 saturated carbocycles. The van der Waals surface area contributed by atoms with Crippen LogP contribution in [0.1, 0.15) is 16.8 Å². The quantitative estimate of drug-likeness (QED) is 0.795. The number of benzene rings is 1. The van der Waals surface area contributed by atoms with Gasteiger partial charge >= 0.3 is 5.97 Å². The fraction of sp³-hybridized carbons (Fsp3) is 0.200. The van der Waals surface area contributed by atoms with Crippen LogP contribution >= 0.6 is 11.8 Å². The van der Waals surface area contributed by atoms with E-state index in [4.69, 9.17) is 5.11 Å². The second kappa shape index (κ2) is 3.66. The molecule has 0 aliphatic carbocycles. The smallest absolute Gasteiger partial charge is 0.317 e. The maximum Gasteiger partial charge on any atom is 0.317 e. The standard InChI is InChI=1S/C10H7FO3S/c11-5-1-2-8-6(3-5)7(12)4-9(15-8)10(13)14/h1-3,9H,4H2,(H,13,14). The Bertz CT molecular complexity index is 444. The molecule has 1 aliphatic rings. The maximum absolute atomic E-state index is 12.8. The van der Waals surface area contributed by atoms with Crippen molar-refractivity contribution in [3.05, 3.63) is 29.6 Å². The molecular formula is C10H7FO3S. The first kappa shape index (κ1) is 10.2. The molecule has 0 amide bonds. The van der Waals surface area contributed by atoms with Crippen molar-refractivity contribution in [2.75, 3.05) is 0 Å². The van der Waals surface area contributed by atoms with E-state index in [-0.39, 0.29) is 17.8 Å². The second-order valence-corrected chi connectivity index (χ2v) is 4.46. The minimum absolute atomic E-state index is 0.0730. The lowest BCUT2D eigenvalue weighted by Crippen LogP contribution is -2.24. The van der Waals surface area contributed by atoms with Crippen LogP contribution in [0.3, 0.4) is 0 Å². The first-order valence-corrected chi connectivity index (χ1v) is 5.18. The molecule has 15 heavy (non-hydrogen) atoms. The number of Topliss-reactive ketones (excluding diaryl/α,β-unsaturated/α-hetero) is 1. The molecule has 1 unspecified atom stereocenters. The number of halogens is 1. The molecule has 5 heteroatoms. The third kappa shape index (κ3) is 1.87. The van der Waals surface area contributed by atoms with Crippen molar-refractivity contribution in [2.24, 2.45) is 0 Å². The van der Waals surface area contributed by atoms with Gasteiger partial charge in [0.05, 0.1) is 0 Å². The van der Waals surface area contributed by atoms with Gasteiger partial charge in [0, 0.05) is 16.9 Å². The monoisotopic (exact) mass is 226 g/mol. The highest BCUT2D eigenvalue weighted by Crippen LogP contribution is 2.35. The molecule has 1 atom stereocenters. The van der Waals surface area contributed by atoms with Gasteiger partial charge in [-0.3, -0.25) is 9.59 Å². The van der Waals surface area contributed by atoms with Gasteiger partial charge in [0.25, 0.3) is 0 Å². The van der Waals surface area contributed by atoms with E-state index in [0.29, 0.717) is 4.90 Å². The van der Waals surface area contributed by atoms with Crippen LogP contribution in [0.25, 0.3) is 0 Å². The van der Waals surface area contributed by atoms with E-state index in [1.54, 1.807) is 0 Å². The third-order valence-electron chi connectivity index (χ3n) is 2.16. The average Bonchev–Trinajstić information content (AvgIpc) is 2.18. The van der Waals surface area contributed by atoms with Crippen LogP contribution in [-0.4, -0.2) is 22.1 Å². The molecule has 0 radical (unpaired) electrons. The van der Waals surface area contributed by atoms with Gasteiger partial charge in [-0.2, -0.15) is 0 Å².